The first kappa shape index (κ1) is 17.0. The van der Waals surface area contributed by atoms with E-state index in [9.17, 15) is 0 Å². The first-order valence-corrected chi connectivity index (χ1v) is 5.96. The van der Waals surface area contributed by atoms with Crippen molar-refractivity contribution in [1.29, 1.82) is 0 Å². The highest BCUT2D eigenvalue weighted by Gasteiger charge is 1.95. The molecule has 0 saturated heterocycles. The molecule has 3 nitrogen and oxygen atoms in total. The molecule has 2 N–H and O–H groups in total. The summed E-state index contributed by atoms with van der Waals surface area (Å²) in [7, 11) is 1.77. The molecule has 0 spiro atoms. The molecule has 0 saturated carbocycles. The van der Waals surface area contributed by atoms with Crippen LogP contribution in [-0.4, -0.2) is 26.1 Å². The standard InChI is InChI=1S/C14H21N3.HI/c1-3-11-16-14(15-2)17-12-7-10-13-8-5-4-6-9-13;/h3-6,8-9H,1,7,10-12H2,2H3,(H2,15,16,17);1H. The van der Waals surface area contributed by atoms with E-state index in [2.05, 4.69) is 46.5 Å². The van der Waals surface area contributed by atoms with Crippen LogP contribution in [0, 0.1) is 0 Å². The Labute approximate surface area is 127 Å². The van der Waals surface area contributed by atoms with Gasteiger partial charge in [-0.2, -0.15) is 0 Å². The van der Waals surface area contributed by atoms with E-state index in [4.69, 9.17) is 0 Å². The third-order valence-corrected chi connectivity index (χ3v) is 2.41. The molecule has 0 aliphatic rings. The van der Waals surface area contributed by atoms with Crippen LogP contribution in [0.3, 0.4) is 0 Å². The molecule has 0 aliphatic carbocycles. The van der Waals surface area contributed by atoms with Gasteiger partial charge >= 0.3 is 0 Å². The molecule has 0 atom stereocenters. The number of rotatable bonds is 6. The van der Waals surface area contributed by atoms with Crippen molar-refractivity contribution in [3.63, 3.8) is 0 Å². The normalized spacial score (nSPS) is 10.4. The van der Waals surface area contributed by atoms with Crippen LogP contribution in [0.4, 0.5) is 0 Å². The summed E-state index contributed by atoms with van der Waals surface area (Å²) in [4.78, 5) is 4.12. The highest BCUT2D eigenvalue weighted by molar-refractivity contribution is 14.0. The van der Waals surface area contributed by atoms with Gasteiger partial charge in [-0.3, -0.25) is 4.99 Å². The summed E-state index contributed by atoms with van der Waals surface area (Å²) in [5, 5.41) is 6.40. The molecular weight excluding hydrogens is 337 g/mol. The zero-order valence-electron chi connectivity index (χ0n) is 10.9. The third-order valence-electron chi connectivity index (χ3n) is 2.41. The lowest BCUT2D eigenvalue weighted by atomic mass is 10.1. The molecule has 0 aromatic heterocycles. The lowest BCUT2D eigenvalue weighted by molar-refractivity contribution is 0.753. The van der Waals surface area contributed by atoms with Crippen molar-refractivity contribution >= 4 is 29.9 Å². The number of aliphatic imine (C=N–C) groups is 1. The Morgan fingerprint density at radius 2 is 2.00 bits per heavy atom. The maximum atomic E-state index is 4.12. The van der Waals surface area contributed by atoms with Gasteiger partial charge in [-0.15, -0.1) is 30.6 Å². The van der Waals surface area contributed by atoms with Gasteiger partial charge in [0.25, 0.3) is 0 Å². The van der Waals surface area contributed by atoms with E-state index in [-0.39, 0.29) is 24.0 Å². The highest BCUT2D eigenvalue weighted by Crippen LogP contribution is 2.01. The Kier molecular flexibility index (Phi) is 10.4. The number of aryl methyl sites for hydroxylation is 1. The molecule has 1 rings (SSSR count). The average Bonchev–Trinajstić information content (AvgIpc) is 2.39. The molecule has 0 radical (unpaired) electrons. The molecule has 100 valence electrons. The predicted octanol–water partition coefficient (Wildman–Crippen LogP) is 2.59. The van der Waals surface area contributed by atoms with Crippen molar-refractivity contribution < 1.29 is 0 Å². The minimum atomic E-state index is 0. The van der Waals surface area contributed by atoms with Crippen molar-refractivity contribution in [2.24, 2.45) is 4.99 Å². The number of halogens is 1. The Hall–Kier alpha value is -1.04. The molecule has 0 heterocycles. The summed E-state index contributed by atoms with van der Waals surface area (Å²) in [6, 6.07) is 10.5. The van der Waals surface area contributed by atoms with Gasteiger partial charge in [0.15, 0.2) is 5.96 Å². The van der Waals surface area contributed by atoms with Crippen LogP contribution < -0.4 is 10.6 Å². The average molecular weight is 359 g/mol. The van der Waals surface area contributed by atoms with Crippen LogP contribution in [0.2, 0.25) is 0 Å². The van der Waals surface area contributed by atoms with Crippen molar-refractivity contribution in [3.8, 4) is 0 Å². The van der Waals surface area contributed by atoms with E-state index in [1.807, 2.05) is 12.1 Å². The second kappa shape index (κ2) is 11.1. The molecular formula is C14H22IN3. The van der Waals surface area contributed by atoms with E-state index in [1.54, 1.807) is 7.05 Å². The molecule has 1 aromatic carbocycles. The van der Waals surface area contributed by atoms with E-state index in [0.29, 0.717) is 0 Å². The number of guanidine groups is 1. The fourth-order valence-corrected chi connectivity index (χ4v) is 1.53. The molecule has 0 unspecified atom stereocenters. The number of hydrogen-bond acceptors (Lipinski definition) is 1. The van der Waals surface area contributed by atoms with Crippen molar-refractivity contribution in [3.05, 3.63) is 48.6 Å². The zero-order chi connectivity index (χ0) is 12.3. The van der Waals surface area contributed by atoms with Crippen LogP contribution in [0.15, 0.2) is 48.0 Å². The molecule has 1 aromatic rings. The summed E-state index contributed by atoms with van der Waals surface area (Å²) in [6.45, 7) is 5.31. The van der Waals surface area contributed by atoms with Crippen molar-refractivity contribution in [1.82, 2.24) is 10.6 Å². The van der Waals surface area contributed by atoms with Gasteiger partial charge in [0.05, 0.1) is 0 Å². The van der Waals surface area contributed by atoms with Crippen molar-refractivity contribution in [2.45, 2.75) is 12.8 Å². The largest absolute Gasteiger partial charge is 0.356 e. The molecule has 0 aliphatic heterocycles. The topological polar surface area (TPSA) is 36.4 Å². The predicted molar refractivity (Wildman–Crippen MR) is 89.7 cm³/mol. The summed E-state index contributed by atoms with van der Waals surface area (Å²) < 4.78 is 0. The summed E-state index contributed by atoms with van der Waals surface area (Å²) in [6.07, 6.45) is 4.00. The molecule has 4 heteroatoms. The lowest BCUT2D eigenvalue weighted by Gasteiger charge is -2.10. The van der Waals surface area contributed by atoms with Gasteiger partial charge < -0.3 is 10.6 Å². The number of hydrogen-bond donors (Lipinski definition) is 2. The van der Waals surface area contributed by atoms with Gasteiger partial charge in [-0.05, 0) is 18.4 Å². The number of nitrogens with one attached hydrogen (secondary N) is 2. The summed E-state index contributed by atoms with van der Waals surface area (Å²) in [5.74, 6) is 0.831. The first-order chi connectivity index (χ1) is 8.36. The Bertz CT molecular complexity index is 349. The molecule has 0 fully saturated rings. The number of benzene rings is 1. The van der Waals surface area contributed by atoms with Gasteiger partial charge in [-0.25, -0.2) is 0 Å². The summed E-state index contributed by atoms with van der Waals surface area (Å²) in [5.41, 5.74) is 1.38. The Morgan fingerprint density at radius 1 is 1.28 bits per heavy atom. The maximum absolute atomic E-state index is 4.12. The van der Waals surface area contributed by atoms with Gasteiger partial charge in [0, 0.05) is 20.1 Å². The van der Waals surface area contributed by atoms with Gasteiger partial charge in [0.1, 0.15) is 0 Å². The quantitative estimate of drug-likeness (QED) is 0.269. The fraction of sp³-hybridized carbons (Fsp3) is 0.357. The summed E-state index contributed by atoms with van der Waals surface area (Å²) >= 11 is 0. The zero-order valence-corrected chi connectivity index (χ0v) is 13.2. The highest BCUT2D eigenvalue weighted by atomic mass is 127. The van der Waals surface area contributed by atoms with Crippen LogP contribution in [-0.2, 0) is 6.42 Å². The van der Waals surface area contributed by atoms with E-state index >= 15 is 0 Å². The smallest absolute Gasteiger partial charge is 0.191 e. The monoisotopic (exact) mass is 359 g/mol. The van der Waals surface area contributed by atoms with Crippen molar-refractivity contribution in [2.75, 3.05) is 20.1 Å². The van der Waals surface area contributed by atoms with E-state index in [0.717, 1.165) is 31.9 Å². The Balaban J connectivity index is 0.00000289. The SMILES string of the molecule is C=CCNC(=NC)NCCCc1ccccc1.I. The molecule has 0 bridgehead atoms. The van der Waals surface area contributed by atoms with Crippen LogP contribution >= 0.6 is 24.0 Å². The van der Waals surface area contributed by atoms with Gasteiger partial charge in [-0.1, -0.05) is 36.4 Å². The van der Waals surface area contributed by atoms with Gasteiger partial charge in [0.2, 0.25) is 0 Å². The second-order valence-corrected chi connectivity index (χ2v) is 3.76. The van der Waals surface area contributed by atoms with E-state index in [1.165, 1.54) is 5.56 Å². The van der Waals surface area contributed by atoms with Crippen LogP contribution in [0.25, 0.3) is 0 Å². The minimum absolute atomic E-state index is 0. The lowest BCUT2D eigenvalue weighted by Crippen LogP contribution is -2.37. The fourth-order valence-electron chi connectivity index (χ4n) is 1.53. The molecule has 0 amide bonds. The second-order valence-electron chi connectivity index (χ2n) is 3.76. The maximum Gasteiger partial charge on any atom is 0.191 e. The van der Waals surface area contributed by atoms with Crippen LogP contribution in [0.5, 0.6) is 0 Å². The first-order valence-electron chi connectivity index (χ1n) is 5.96. The number of nitrogens with zero attached hydrogens (tertiary/aromatic N) is 1. The molecule has 18 heavy (non-hydrogen) atoms. The Morgan fingerprint density at radius 3 is 2.61 bits per heavy atom. The third kappa shape index (κ3) is 7.32. The minimum Gasteiger partial charge on any atom is -0.356 e. The van der Waals surface area contributed by atoms with E-state index < -0.39 is 0 Å². The van der Waals surface area contributed by atoms with Crippen LogP contribution in [0.1, 0.15) is 12.0 Å².